The molecule has 3 rings (SSSR count). The van der Waals surface area contributed by atoms with Gasteiger partial charge in [0.05, 0.1) is 5.52 Å². The lowest BCUT2D eigenvalue weighted by molar-refractivity contribution is -0.119. The molecule has 0 bridgehead atoms. The van der Waals surface area contributed by atoms with Gasteiger partial charge in [-0.25, -0.2) is 0 Å². The average molecular weight is 362 g/mol. The van der Waals surface area contributed by atoms with Crippen molar-refractivity contribution < 1.29 is 4.79 Å². The SMILES string of the molecule is CCC(C(=O)Nc1c(C)cc(C)cc1C)n1c(=O)cc(C)c2ccccc21. The quantitative estimate of drug-likeness (QED) is 0.723. The zero-order valence-electron chi connectivity index (χ0n) is 16.6. The van der Waals surface area contributed by atoms with E-state index in [1.165, 1.54) is 0 Å². The van der Waals surface area contributed by atoms with E-state index < -0.39 is 6.04 Å². The molecule has 1 heterocycles. The summed E-state index contributed by atoms with van der Waals surface area (Å²) in [6.45, 7) is 9.88. The van der Waals surface area contributed by atoms with Crippen LogP contribution in [0.1, 0.15) is 41.6 Å². The van der Waals surface area contributed by atoms with E-state index in [0.29, 0.717) is 6.42 Å². The summed E-state index contributed by atoms with van der Waals surface area (Å²) in [6.07, 6.45) is 0.531. The highest BCUT2D eigenvalue weighted by Crippen LogP contribution is 2.25. The van der Waals surface area contributed by atoms with Gasteiger partial charge in [-0.3, -0.25) is 14.2 Å². The number of carbonyl (C=O) groups excluding carboxylic acids is 1. The molecule has 2 aromatic carbocycles. The molecule has 140 valence electrons. The van der Waals surface area contributed by atoms with Crippen LogP contribution in [0.5, 0.6) is 0 Å². The summed E-state index contributed by atoms with van der Waals surface area (Å²) in [6, 6.07) is 12.9. The molecule has 0 radical (unpaired) electrons. The Morgan fingerprint density at radius 1 is 1.00 bits per heavy atom. The Bertz CT molecular complexity index is 1060. The number of nitrogens with zero attached hydrogens (tertiary/aromatic N) is 1. The number of para-hydroxylation sites is 1. The van der Waals surface area contributed by atoms with Crippen molar-refractivity contribution in [3.05, 3.63) is 75.1 Å². The summed E-state index contributed by atoms with van der Waals surface area (Å²) in [5, 5.41) is 4.05. The zero-order valence-corrected chi connectivity index (χ0v) is 16.6. The zero-order chi connectivity index (χ0) is 19.7. The molecule has 1 aromatic heterocycles. The number of aryl methyl sites for hydroxylation is 4. The molecule has 4 nitrogen and oxygen atoms in total. The highest BCUT2D eigenvalue weighted by Gasteiger charge is 2.23. The van der Waals surface area contributed by atoms with Gasteiger partial charge in [-0.15, -0.1) is 0 Å². The van der Waals surface area contributed by atoms with E-state index in [1.807, 2.05) is 58.9 Å². The summed E-state index contributed by atoms with van der Waals surface area (Å²) in [5.74, 6) is -0.163. The molecule has 0 saturated carbocycles. The lowest BCUT2D eigenvalue weighted by atomic mass is 10.0. The van der Waals surface area contributed by atoms with Crippen molar-refractivity contribution >= 4 is 22.5 Å². The van der Waals surface area contributed by atoms with Gasteiger partial charge < -0.3 is 5.32 Å². The predicted octanol–water partition coefficient (Wildman–Crippen LogP) is 4.82. The van der Waals surface area contributed by atoms with Gasteiger partial charge in [0.1, 0.15) is 6.04 Å². The second-order valence-electron chi connectivity index (χ2n) is 7.24. The van der Waals surface area contributed by atoms with E-state index in [4.69, 9.17) is 0 Å². The Morgan fingerprint density at radius 2 is 1.63 bits per heavy atom. The first-order valence-corrected chi connectivity index (χ1v) is 9.33. The van der Waals surface area contributed by atoms with Crippen LogP contribution in [0, 0.1) is 27.7 Å². The van der Waals surface area contributed by atoms with Crippen LogP contribution in [0.3, 0.4) is 0 Å². The minimum absolute atomic E-state index is 0.148. The first kappa shape index (κ1) is 18.9. The highest BCUT2D eigenvalue weighted by molar-refractivity contribution is 5.96. The molecule has 1 unspecified atom stereocenters. The number of hydrogen-bond donors (Lipinski definition) is 1. The fourth-order valence-electron chi connectivity index (χ4n) is 3.86. The van der Waals surface area contributed by atoms with Crippen LogP contribution < -0.4 is 10.9 Å². The average Bonchev–Trinajstić information content (AvgIpc) is 2.61. The number of anilines is 1. The molecule has 0 aliphatic carbocycles. The Labute approximate surface area is 159 Å². The highest BCUT2D eigenvalue weighted by atomic mass is 16.2. The maximum atomic E-state index is 13.1. The van der Waals surface area contributed by atoms with Crippen molar-refractivity contribution in [1.29, 1.82) is 0 Å². The molecule has 1 N–H and O–H groups in total. The normalized spacial score (nSPS) is 12.2. The smallest absolute Gasteiger partial charge is 0.252 e. The van der Waals surface area contributed by atoms with E-state index >= 15 is 0 Å². The van der Waals surface area contributed by atoms with Crippen LogP contribution in [-0.2, 0) is 4.79 Å². The Morgan fingerprint density at radius 3 is 2.26 bits per heavy atom. The number of hydrogen-bond acceptors (Lipinski definition) is 2. The maximum Gasteiger partial charge on any atom is 0.252 e. The molecule has 1 amide bonds. The lowest BCUT2D eigenvalue weighted by Crippen LogP contribution is -2.33. The second kappa shape index (κ2) is 7.39. The number of rotatable bonds is 4. The molecule has 0 fully saturated rings. The summed E-state index contributed by atoms with van der Waals surface area (Å²) in [4.78, 5) is 25.9. The van der Waals surface area contributed by atoms with E-state index in [0.717, 1.165) is 38.8 Å². The third kappa shape index (κ3) is 3.52. The van der Waals surface area contributed by atoms with Crippen LogP contribution in [-0.4, -0.2) is 10.5 Å². The third-order valence-corrected chi connectivity index (χ3v) is 5.09. The van der Waals surface area contributed by atoms with Gasteiger partial charge in [0.15, 0.2) is 0 Å². The largest absolute Gasteiger partial charge is 0.324 e. The molecular formula is C23H26N2O2. The summed E-state index contributed by atoms with van der Waals surface area (Å²) in [7, 11) is 0. The number of amides is 1. The van der Waals surface area contributed by atoms with E-state index in [-0.39, 0.29) is 11.5 Å². The van der Waals surface area contributed by atoms with Gasteiger partial charge in [0.2, 0.25) is 5.91 Å². The Kier molecular flexibility index (Phi) is 5.17. The Hall–Kier alpha value is -2.88. The van der Waals surface area contributed by atoms with Crippen molar-refractivity contribution in [3.8, 4) is 0 Å². The molecule has 3 aromatic rings. The monoisotopic (exact) mass is 362 g/mol. The topological polar surface area (TPSA) is 51.1 Å². The van der Waals surface area contributed by atoms with Crippen LogP contribution in [0.4, 0.5) is 5.69 Å². The van der Waals surface area contributed by atoms with Crippen LogP contribution >= 0.6 is 0 Å². The van der Waals surface area contributed by atoms with E-state index in [1.54, 1.807) is 10.6 Å². The van der Waals surface area contributed by atoms with Gasteiger partial charge in [-0.05, 0) is 56.9 Å². The molecule has 0 aliphatic heterocycles. The van der Waals surface area contributed by atoms with Gasteiger partial charge >= 0.3 is 0 Å². The summed E-state index contributed by atoms with van der Waals surface area (Å²) >= 11 is 0. The van der Waals surface area contributed by atoms with E-state index in [2.05, 4.69) is 17.4 Å². The molecule has 0 saturated heterocycles. The first-order chi connectivity index (χ1) is 12.8. The van der Waals surface area contributed by atoms with Gasteiger partial charge in [0, 0.05) is 17.1 Å². The van der Waals surface area contributed by atoms with Crippen LogP contribution in [0.25, 0.3) is 10.9 Å². The number of fused-ring (bicyclic) bond motifs is 1. The minimum Gasteiger partial charge on any atom is -0.324 e. The predicted molar refractivity (Wildman–Crippen MR) is 112 cm³/mol. The summed E-state index contributed by atoms with van der Waals surface area (Å²) < 4.78 is 1.62. The van der Waals surface area contributed by atoms with Gasteiger partial charge in [-0.1, -0.05) is 42.8 Å². The minimum atomic E-state index is -0.567. The van der Waals surface area contributed by atoms with Crippen LogP contribution in [0.2, 0.25) is 0 Å². The number of nitrogens with one attached hydrogen (secondary N) is 1. The Balaban J connectivity index is 2.08. The number of benzene rings is 2. The van der Waals surface area contributed by atoms with Gasteiger partial charge in [-0.2, -0.15) is 0 Å². The molecular weight excluding hydrogens is 336 g/mol. The fraction of sp³-hybridized carbons (Fsp3) is 0.304. The number of aromatic nitrogens is 1. The van der Waals surface area contributed by atoms with Crippen molar-refractivity contribution in [1.82, 2.24) is 4.57 Å². The molecule has 4 heteroatoms. The molecule has 1 atom stereocenters. The number of carbonyl (C=O) groups is 1. The van der Waals surface area contributed by atoms with Crippen LogP contribution in [0.15, 0.2) is 47.3 Å². The third-order valence-electron chi connectivity index (χ3n) is 5.09. The fourth-order valence-corrected chi connectivity index (χ4v) is 3.86. The van der Waals surface area contributed by atoms with Crippen molar-refractivity contribution in [3.63, 3.8) is 0 Å². The first-order valence-electron chi connectivity index (χ1n) is 9.33. The van der Waals surface area contributed by atoms with Crippen molar-refractivity contribution in [2.75, 3.05) is 5.32 Å². The molecule has 27 heavy (non-hydrogen) atoms. The lowest BCUT2D eigenvalue weighted by Gasteiger charge is -2.22. The van der Waals surface area contributed by atoms with Crippen molar-refractivity contribution in [2.45, 2.75) is 47.1 Å². The van der Waals surface area contributed by atoms with Gasteiger partial charge in [0.25, 0.3) is 5.56 Å². The standard InChI is InChI=1S/C23H26N2O2/c1-6-19(23(27)24-22-16(4)11-14(2)12-17(22)5)25-20-10-8-7-9-18(20)15(3)13-21(25)26/h7-13,19H,6H2,1-5H3,(H,24,27). The number of pyridine rings is 1. The maximum absolute atomic E-state index is 13.1. The van der Waals surface area contributed by atoms with E-state index in [9.17, 15) is 9.59 Å². The molecule has 0 spiro atoms. The van der Waals surface area contributed by atoms with Crippen molar-refractivity contribution in [2.24, 2.45) is 0 Å². The second-order valence-corrected chi connectivity index (χ2v) is 7.24. The molecule has 0 aliphatic rings. The summed E-state index contributed by atoms with van der Waals surface area (Å²) in [5.41, 5.74) is 5.61.